The zero-order chi connectivity index (χ0) is 30.3. The Morgan fingerprint density at radius 1 is 0.714 bits per heavy atom. The number of para-hydroxylation sites is 1. The molecule has 8 nitrogen and oxygen atoms in total. The molecule has 216 valence electrons. The minimum atomic E-state index is -3.67. The number of carbonyl (C=O) groups is 3. The second-order valence-corrected chi connectivity index (χ2v) is 11.9. The Morgan fingerprint density at radius 3 is 2.02 bits per heavy atom. The van der Waals surface area contributed by atoms with E-state index in [1.54, 1.807) is 66.7 Å². The Labute approximate surface area is 246 Å². The van der Waals surface area contributed by atoms with Crippen LogP contribution in [0.2, 0.25) is 0 Å². The molecule has 4 aromatic rings. The summed E-state index contributed by atoms with van der Waals surface area (Å²) < 4.78 is 26.9. The van der Waals surface area contributed by atoms with Crippen molar-refractivity contribution in [3.8, 4) is 0 Å². The quantitative estimate of drug-likeness (QED) is 0.206. The van der Waals surface area contributed by atoms with Gasteiger partial charge in [0.15, 0.2) is 5.78 Å². The third-order valence-electron chi connectivity index (χ3n) is 6.78. The summed E-state index contributed by atoms with van der Waals surface area (Å²) in [6.45, 7) is 4.26. The van der Waals surface area contributed by atoms with Gasteiger partial charge < -0.3 is 10.6 Å². The van der Waals surface area contributed by atoms with Gasteiger partial charge in [-0.05, 0) is 61.9 Å². The predicted molar refractivity (Wildman–Crippen MR) is 165 cm³/mol. The van der Waals surface area contributed by atoms with Crippen molar-refractivity contribution in [2.24, 2.45) is 0 Å². The van der Waals surface area contributed by atoms with Crippen LogP contribution in [0.25, 0.3) is 0 Å². The predicted octanol–water partition coefficient (Wildman–Crippen LogP) is 6.15. The molecular formula is C33H33N3O5S. The van der Waals surface area contributed by atoms with Gasteiger partial charge >= 0.3 is 0 Å². The normalized spacial score (nSPS) is 11.2. The van der Waals surface area contributed by atoms with Crippen LogP contribution in [-0.2, 0) is 10.0 Å². The lowest BCUT2D eigenvalue weighted by Crippen LogP contribution is -2.28. The van der Waals surface area contributed by atoms with E-state index >= 15 is 0 Å². The van der Waals surface area contributed by atoms with Crippen molar-refractivity contribution in [1.82, 2.24) is 4.31 Å². The van der Waals surface area contributed by atoms with E-state index in [1.807, 2.05) is 19.9 Å². The lowest BCUT2D eigenvalue weighted by Gasteiger charge is -2.17. The minimum absolute atomic E-state index is 0.0939. The fraction of sp³-hybridized carbons (Fsp3) is 0.182. The number of amides is 2. The van der Waals surface area contributed by atoms with Gasteiger partial charge in [-0.15, -0.1) is 0 Å². The molecule has 4 aromatic carbocycles. The summed E-state index contributed by atoms with van der Waals surface area (Å²) >= 11 is 0. The molecule has 42 heavy (non-hydrogen) atoms. The number of aryl methyl sites for hydroxylation is 1. The number of hydrogen-bond acceptors (Lipinski definition) is 5. The number of carbonyl (C=O) groups excluding carboxylic acids is 3. The highest BCUT2D eigenvalue weighted by atomic mass is 32.2. The molecule has 2 N–H and O–H groups in total. The van der Waals surface area contributed by atoms with Crippen LogP contribution >= 0.6 is 0 Å². The highest BCUT2D eigenvalue weighted by molar-refractivity contribution is 7.89. The lowest BCUT2D eigenvalue weighted by atomic mass is 9.99. The van der Waals surface area contributed by atoms with E-state index in [0.29, 0.717) is 23.4 Å². The third-order valence-corrected chi connectivity index (χ3v) is 8.65. The van der Waals surface area contributed by atoms with Crippen molar-refractivity contribution < 1.29 is 22.8 Å². The smallest absolute Gasteiger partial charge is 0.257 e. The van der Waals surface area contributed by atoms with E-state index in [9.17, 15) is 22.8 Å². The van der Waals surface area contributed by atoms with Crippen molar-refractivity contribution in [2.75, 3.05) is 24.2 Å². The van der Waals surface area contributed by atoms with Crippen molar-refractivity contribution in [1.29, 1.82) is 0 Å². The number of unbranched alkanes of at least 4 members (excludes halogenated alkanes) is 1. The molecule has 9 heteroatoms. The van der Waals surface area contributed by atoms with Crippen LogP contribution in [0.4, 0.5) is 11.4 Å². The summed E-state index contributed by atoms with van der Waals surface area (Å²) in [6, 6.07) is 26.2. The van der Waals surface area contributed by atoms with Gasteiger partial charge in [-0.3, -0.25) is 14.4 Å². The third kappa shape index (κ3) is 6.99. The average molecular weight is 584 g/mol. The largest absolute Gasteiger partial charge is 0.321 e. The number of benzene rings is 4. The minimum Gasteiger partial charge on any atom is -0.321 e. The fourth-order valence-electron chi connectivity index (χ4n) is 4.33. The number of ketones is 1. The Balaban J connectivity index is 1.53. The molecule has 0 bridgehead atoms. The van der Waals surface area contributed by atoms with Gasteiger partial charge in [-0.1, -0.05) is 67.4 Å². The molecule has 0 saturated carbocycles. The van der Waals surface area contributed by atoms with Gasteiger partial charge in [0.05, 0.1) is 21.8 Å². The van der Waals surface area contributed by atoms with Crippen molar-refractivity contribution in [3.63, 3.8) is 0 Å². The van der Waals surface area contributed by atoms with E-state index in [-0.39, 0.29) is 27.5 Å². The molecule has 0 unspecified atom stereocenters. The topological polar surface area (TPSA) is 113 Å². The van der Waals surface area contributed by atoms with E-state index in [1.165, 1.54) is 35.6 Å². The highest BCUT2D eigenvalue weighted by Gasteiger charge is 2.22. The van der Waals surface area contributed by atoms with Gasteiger partial charge in [-0.2, -0.15) is 0 Å². The van der Waals surface area contributed by atoms with Crippen LogP contribution < -0.4 is 10.6 Å². The SMILES string of the molecule is CCCCN(C)S(=O)(=O)c1ccc(C(=O)Nc2ccccc2C(=O)Nc2ccc(C)cc2C(=O)c2ccccc2)cc1. The summed E-state index contributed by atoms with van der Waals surface area (Å²) in [4.78, 5) is 39.8. The van der Waals surface area contributed by atoms with Gasteiger partial charge in [0, 0.05) is 30.3 Å². The van der Waals surface area contributed by atoms with Gasteiger partial charge in [-0.25, -0.2) is 12.7 Å². The van der Waals surface area contributed by atoms with Crippen LogP contribution in [0, 0.1) is 6.92 Å². The molecule has 0 aliphatic heterocycles. The molecule has 0 atom stereocenters. The Morgan fingerprint density at radius 2 is 1.33 bits per heavy atom. The van der Waals surface area contributed by atoms with Crippen LogP contribution in [0.3, 0.4) is 0 Å². The monoisotopic (exact) mass is 583 g/mol. The number of nitrogens with one attached hydrogen (secondary N) is 2. The first-order chi connectivity index (χ1) is 20.1. The van der Waals surface area contributed by atoms with Crippen molar-refractivity contribution in [2.45, 2.75) is 31.6 Å². The second kappa shape index (κ2) is 13.4. The van der Waals surface area contributed by atoms with Gasteiger partial charge in [0.25, 0.3) is 11.8 Å². The highest BCUT2D eigenvalue weighted by Crippen LogP contribution is 2.24. The number of sulfonamides is 1. The average Bonchev–Trinajstić information content (AvgIpc) is 3.01. The molecule has 0 fully saturated rings. The van der Waals surface area contributed by atoms with Gasteiger partial charge in [0.1, 0.15) is 0 Å². The van der Waals surface area contributed by atoms with E-state index in [0.717, 1.165) is 18.4 Å². The molecule has 0 aromatic heterocycles. The maximum atomic E-state index is 13.4. The summed E-state index contributed by atoms with van der Waals surface area (Å²) in [7, 11) is -2.13. The van der Waals surface area contributed by atoms with E-state index < -0.39 is 21.8 Å². The van der Waals surface area contributed by atoms with Crippen LogP contribution in [0.5, 0.6) is 0 Å². The maximum Gasteiger partial charge on any atom is 0.257 e. The first kappa shape index (κ1) is 30.4. The molecule has 0 saturated heterocycles. The summed E-state index contributed by atoms with van der Waals surface area (Å²) in [6.07, 6.45) is 1.62. The van der Waals surface area contributed by atoms with Gasteiger partial charge in [0.2, 0.25) is 10.0 Å². The molecule has 0 spiro atoms. The zero-order valence-electron chi connectivity index (χ0n) is 23.8. The Bertz CT molecular complexity index is 1700. The van der Waals surface area contributed by atoms with Crippen LogP contribution in [-0.4, -0.2) is 43.9 Å². The van der Waals surface area contributed by atoms with E-state index in [4.69, 9.17) is 0 Å². The molecular weight excluding hydrogens is 550 g/mol. The molecule has 4 rings (SSSR count). The number of anilines is 2. The number of nitrogens with zero attached hydrogens (tertiary/aromatic N) is 1. The molecule has 0 radical (unpaired) electrons. The lowest BCUT2D eigenvalue weighted by molar-refractivity contribution is 0.102. The van der Waals surface area contributed by atoms with Crippen LogP contribution in [0.1, 0.15) is 62.0 Å². The zero-order valence-corrected chi connectivity index (χ0v) is 24.6. The van der Waals surface area contributed by atoms with E-state index in [2.05, 4.69) is 10.6 Å². The second-order valence-electron chi connectivity index (χ2n) is 9.90. The molecule has 0 aliphatic carbocycles. The summed E-state index contributed by atoms with van der Waals surface area (Å²) in [5.41, 5.74) is 2.76. The Hall–Kier alpha value is -4.60. The standard InChI is InChI=1S/C33H33N3O5S/c1-4-5-21-36(3)42(40,41)26-18-16-25(17-19-26)32(38)34-29-14-10-9-13-27(29)33(39)35-30-20-15-23(2)22-28(30)31(37)24-11-7-6-8-12-24/h6-20,22H,4-5,21H2,1-3H3,(H,34,38)(H,35,39). The molecule has 2 amide bonds. The molecule has 0 heterocycles. The van der Waals surface area contributed by atoms with Crippen LogP contribution in [0.15, 0.2) is 102 Å². The first-order valence-electron chi connectivity index (χ1n) is 13.6. The molecule has 0 aliphatic rings. The van der Waals surface area contributed by atoms with Crippen molar-refractivity contribution in [3.05, 3.63) is 125 Å². The number of rotatable bonds is 11. The fourth-order valence-corrected chi connectivity index (χ4v) is 5.54. The first-order valence-corrected chi connectivity index (χ1v) is 15.0. The number of hydrogen-bond donors (Lipinski definition) is 2. The maximum absolute atomic E-state index is 13.4. The summed E-state index contributed by atoms with van der Waals surface area (Å²) in [5.74, 6) is -1.24. The Kier molecular flexibility index (Phi) is 9.67. The summed E-state index contributed by atoms with van der Waals surface area (Å²) in [5, 5.41) is 5.57. The van der Waals surface area contributed by atoms with Crippen molar-refractivity contribution >= 4 is 39.0 Å².